The summed E-state index contributed by atoms with van der Waals surface area (Å²) < 4.78 is 39.1. The second-order valence-corrected chi connectivity index (χ2v) is 10.0. The summed E-state index contributed by atoms with van der Waals surface area (Å²) in [5.74, 6) is -0.914. The zero-order valence-corrected chi connectivity index (χ0v) is 18.2. The lowest BCUT2D eigenvalue weighted by molar-refractivity contribution is -0.122. The van der Waals surface area contributed by atoms with E-state index in [4.69, 9.17) is 0 Å². The van der Waals surface area contributed by atoms with Crippen molar-refractivity contribution >= 4 is 15.9 Å². The maximum atomic E-state index is 13.9. The molecule has 2 aromatic carbocycles. The van der Waals surface area contributed by atoms with Gasteiger partial charge in [0, 0.05) is 18.2 Å². The Morgan fingerprint density at radius 1 is 1.10 bits per heavy atom. The van der Waals surface area contributed by atoms with Crippen LogP contribution < -0.4 is 5.32 Å². The molecule has 158 valence electrons. The Morgan fingerprint density at radius 3 is 2.28 bits per heavy atom. The molecular weight excluding hydrogens is 391 g/mol. The highest BCUT2D eigenvalue weighted by Crippen LogP contribution is 2.28. The van der Waals surface area contributed by atoms with E-state index in [1.54, 1.807) is 6.07 Å². The van der Waals surface area contributed by atoms with Crippen LogP contribution in [-0.4, -0.2) is 37.5 Å². The maximum absolute atomic E-state index is 13.9. The van der Waals surface area contributed by atoms with Gasteiger partial charge >= 0.3 is 0 Å². The Hall–Kier alpha value is -2.25. The van der Waals surface area contributed by atoms with Gasteiger partial charge in [-0.3, -0.25) is 4.79 Å². The SMILES string of the molecule is C[C@H](CC(C)(C)c1ccccc1)NC(=O)CN(Cc1ccccc1F)S(C)(=O)=O. The Bertz CT molecular complexity index is 930. The molecule has 2 aromatic rings. The van der Waals surface area contributed by atoms with Crippen LogP contribution >= 0.6 is 0 Å². The molecule has 1 N–H and O–H groups in total. The molecule has 0 aliphatic carbocycles. The summed E-state index contributed by atoms with van der Waals surface area (Å²) in [7, 11) is -3.68. The molecule has 1 atom stereocenters. The summed E-state index contributed by atoms with van der Waals surface area (Å²) in [6.45, 7) is 5.55. The molecule has 0 saturated heterocycles. The smallest absolute Gasteiger partial charge is 0.235 e. The van der Waals surface area contributed by atoms with Gasteiger partial charge in [-0.1, -0.05) is 62.4 Å². The molecular formula is C22H29FN2O3S. The Labute approximate surface area is 173 Å². The van der Waals surface area contributed by atoms with E-state index in [1.807, 2.05) is 37.3 Å². The van der Waals surface area contributed by atoms with E-state index in [9.17, 15) is 17.6 Å². The third kappa shape index (κ3) is 6.94. The molecule has 0 unspecified atom stereocenters. The van der Waals surface area contributed by atoms with Crippen molar-refractivity contribution in [3.63, 3.8) is 0 Å². The van der Waals surface area contributed by atoms with Gasteiger partial charge in [-0.25, -0.2) is 12.8 Å². The molecule has 0 fully saturated rings. The summed E-state index contributed by atoms with van der Waals surface area (Å²) in [5, 5.41) is 2.87. The van der Waals surface area contributed by atoms with Gasteiger partial charge in [0.2, 0.25) is 15.9 Å². The number of rotatable bonds is 9. The lowest BCUT2D eigenvalue weighted by atomic mass is 9.79. The number of carbonyl (C=O) groups is 1. The molecule has 0 aliphatic heterocycles. The van der Waals surface area contributed by atoms with Crippen molar-refractivity contribution in [1.82, 2.24) is 9.62 Å². The zero-order chi connectivity index (χ0) is 21.7. The second-order valence-electron chi connectivity index (χ2n) is 8.05. The molecule has 0 spiro atoms. The first-order valence-corrected chi connectivity index (χ1v) is 11.4. The van der Waals surface area contributed by atoms with Crippen LogP contribution in [0, 0.1) is 5.82 Å². The van der Waals surface area contributed by atoms with Gasteiger partial charge < -0.3 is 5.32 Å². The van der Waals surface area contributed by atoms with Crippen LogP contribution in [-0.2, 0) is 26.8 Å². The summed E-state index contributed by atoms with van der Waals surface area (Å²) in [5.41, 5.74) is 1.24. The molecule has 2 rings (SSSR count). The molecule has 7 heteroatoms. The molecule has 0 aromatic heterocycles. The Morgan fingerprint density at radius 2 is 1.69 bits per heavy atom. The lowest BCUT2D eigenvalue weighted by Gasteiger charge is -2.29. The van der Waals surface area contributed by atoms with Crippen molar-refractivity contribution in [1.29, 1.82) is 0 Å². The Balaban J connectivity index is 2.01. The van der Waals surface area contributed by atoms with Gasteiger partial charge in [0.25, 0.3) is 0 Å². The standard InChI is InChI=1S/C22H29FN2O3S/c1-17(14-22(2,3)19-11-6-5-7-12-19)24-21(26)16-25(29(4,27)28)15-18-10-8-9-13-20(18)23/h5-13,17H,14-16H2,1-4H3,(H,24,26)/t17-/m1/s1. The predicted octanol–water partition coefficient (Wildman–Crippen LogP) is 3.46. The van der Waals surface area contributed by atoms with Crippen molar-refractivity contribution in [2.45, 2.75) is 45.2 Å². The van der Waals surface area contributed by atoms with Crippen LogP contribution in [0.2, 0.25) is 0 Å². The second kappa shape index (κ2) is 9.50. The molecule has 0 bridgehead atoms. The van der Waals surface area contributed by atoms with Crippen LogP contribution in [0.5, 0.6) is 0 Å². The highest BCUT2D eigenvalue weighted by atomic mass is 32.2. The van der Waals surface area contributed by atoms with Crippen molar-refractivity contribution in [3.05, 3.63) is 71.5 Å². The number of hydrogen-bond acceptors (Lipinski definition) is 3. The fourth-order valence-electron chi connectivity index (χ4n) is 3.41. The van der Waals surface area contributed by atoms with Gasteiger partial charge in [-0.15, -0.1) is 0 Å². The van der Waals surface area contributed by atoms with E-state index < -0.39 is 21.7 Å². The van der Waals surface area contributed by atoms with Crippen LogP contribution in [0.1, 0.15) is 38.3 Å². The third-order valence-electron chi connectivity index (χ3n) is 4.87. The zero-order valence-electron chi connectivity index (χ0n) is 17.4. The van der Waals surface area contributed by atoms with Gasteiger partial charge in [0.1, 0.15) is 5.82 Å². The van der Waals surface area contributed by atoms with E-state index >= 15 is 0 Å². The minimum atomic E-state index is -3.68. The van der Waals surface area contributed by atoms with Crippen LogP contribution in [0.25, 0.3) is 0 Å². The van der Waals surface area contributed by atoms with Crippen molar-refractivity contribution < 1.29 is 17.6 Å². The Kier molecular flexibility index (Phi) is 7.54. The van der Waals surface area contributed by atoms with Crippen LogP contribution in [0.15, 0.2) is 54.6 Å². The number of nitrogens with zero attached hydrogens (tertiary/aromatic N) is 1. The molecule has 1 amide bonds. The largest absolute Gasteiger partial charge is 0.352 e. The first kappa shape index (κ1) is 23.0. The number of nitrogens with one attached hydrogen (secondary N) is 1. The minimum absolute atomic E-state index is 0.155. The van der Waals surface area contributed by atoms with Gasteiger partial charge in [-0.2, -0.15) is 4.31 Å². The van der Waals surface area contributed by atoms with E-state index in [2.05, 4.69) is 19.2 Å². The molecule has 0 radical (unpaired) electrons. The first-order chi connectivity index (χ1) is 13.5. The van der Waals surface area contributed by atoms with Crippen molar-refractivity contribution in [2.24, 2.45) is 0 Å². The average molecular weight is 421 g/mol. The van der Waals surface area contributed by atoms with E-state index in [-0.39, 0.29) is 30.1 Å². The number of hydrogen-bond donors (Lipinski definition) is 1. The third-order valence-corrected chi connectivity index (χ3v) is 6.07. The highest BCUT2D eigenvalue weighted by Gasteiger charge is 2.26. The molecule has 5 nitrogen and oxygen atoms in total. The van der Waals surface area contributed by atoms with Gasteiger partial charge in [-0.05, 0) is 30.4 Å². The monoisotopic (exact) mass is 420 g/mol. The predicted molar refractivity (Wildman–Crippen MR) is 113 cm³/mol. The first-order valence-electron chi connectivity index (χ1n) is 9.52. The van der Waals surface area contributed by atoms with E-state index in [0.29, 0.717) is 6.42 Å². The lowest BCUT2D eigenvalue weighted by Crippen LogP contribution is -2.44. The van der Waals surface area contributed by atoms with Gasteiger partial charge in [0.15, 0.2) is 0 Å². The van der Waals surface area contributed by atoms with Crippen LogP contribution in [0.4, 0.5) is 4.39 Å². The number of carbonyl (C=O) groups excluding carboxylic acids is 1. The van der Waals surface area contributed by atoms with Crippen molar-refractivity contribution in [2.75, 3.05) is 12.8 Å². The maximum Gasteiger partial charge on any atom is 0.235 e. The molecule has 0 aliphatic rings. The number of halogens is 1. The van der Waals surface area contributed by atoms with Gasteiger partial charge in [0.05, 0.1) is 12.8 Å². The van der Waals surface area contributed by atoms with Crippen LogP contribution in [0.3, 0.4) is 0 Å². The van der Waals surface area contributed by atoms with E-state index in [1.165, 1.54) is 23.8 Å². The summed E-state index contributed by atoms with van der Waals surface area (Å²) in [6, 6.07) is 15.8. The topological polar surface area (TPSA) is 66.5 Å². The molecule has 0 saturated carbocycles. The summed E-state index contributed by atoms with van der Waals surface area (Å²) in [4.78, 5) is 12.5. The summed E-state index contributed by atoms with van der Waals surface area (Å²) in [6.07, 6.45) is 1.71. The number of sulfonamides is 1. The molecule has 29 heavy (non-hydrogen) atoms. The fourth-order valence-corrected chi connectivity index (χ4v) is 4.14. The quantitative estimate of drug-likeness (QED) is 0.676. The summed E-state index contributed by atoms with van der Waals surface area (Å²) >= 11 is 0. The highest BCUT2D eigenvalue weighted by molar-refractivity contribution is 7.88. The normalized spacial score (nSPS) is 13.3. The molecule has 0 heterocycles. The van der Waals surface area contributed by atoms with E-state index in [0.717, 1.165) is 10.6 Å². The number of benzene rings is 2. The number of amides is 1. The fraction of sp³-hybridized carbons (Fsp3) is 0.409. The average Bonchev–Trinajstić information content (AvgIpc) is 2.62. The minimum Gasteiger partial charge on any atom is -0.352 e. The van der Waals surface area contributed by atoms with Crippen molar-refractivity contribution in [3.8, 4) is 0 Å².